The van der Waals surface area contributed by atoms with Gasteiger partial charge in [-0.15, -0.1) is 0 Å². The van der Waals surface area contributed by atoms with Crippen molar-refractivity contribution in [2.24, 2.45) is 0 Å². The molecule has 0 aromatic carbocycles. The summed E-state index contributed by atoms with van der Waals surface area (Å²) in [6.45, 7) is 1.73. The molecule has 0 aromatic rings. The second-order valence-corrected chi connectivity index (χ2v) is 4.07. The van der Waals surface area contributed by atoms with Crippen LogP contribution >= 0.6 is 0 Å². The number of halogens is 1. The average Bonchev–Trinajstić information content (AvgIpc) is 2.30. The Morgan fingerprint density at radius 2 is 2.06 bits per heavy atom. The van der Waals surface area contributed by atoms with Gasteiger partial charge in [0.1, 0.15) is 6.04 Å². The maximum Gasteiger partial charge on any atom is 0.408 e. The summed E-state index contributed by atoms with van der Waals surface area (Å²) in [5.41, 5.74) is 0. The summed E-state index contributed by atoms with van der Waals surface area (Å²) in [6, 6.07) is -0.820. The van der Waals surface area contributed by atoms with Crippen molar-refractivity contribution in [3.05, 3.63) is 0 Å². The number of nitrogens with zero attached hydrogens (tertiary/aromatic N) is 2. The Hall–Kier alpha value is -1.86. The van der Waals surface area contributed by atoms with E-state index in [1.807, 2.05) is 0 Å². The quantitative estimate of drug-likeness (QED) is 0.743. The van der Waals surface area contributed by atoms with E-state index in [0.29, 0.717) is 0 Å². The van der Waals surface area contributed by atoms with E-state index in [9.17, 15) is 18.8 Å². The van der Waals surface area contributed by atoms with Gasteiger partial charge in [0.25, 0.3) is 0 Å². The molecule has 0 spiro atoms. The molecule has 0 aromatic heterocycles. The Kier molecular flexibility index (Phi) is 4.46. The minimum Gasteiger partial charge on any atom is -0.479 e. The molecule has 2 unspecified atom stereocenters. The van der Waals surface area contributed by atoms with E-state index in [0.717, 1.165) is 4.90 Å². The van der Waals surface area contributed by atoms with Crippen molar-refractivity contribution in [3.63, 3.8) is 0 Å². The fourth-order valence-electron chi connectivity index (χ4n) is 1.81. The average molecular weight is 262 g/mol. The SMILES string of the molecule is CC1C(=O)N(CCC(F)C(=O)O)CCN1C(=O)O. The highest BCUT2D eigenvalue weighted by Gasteiger charge is 2.34. The summed E-state index contributed by atoms with van der Waals surface area (Å²) in [5.74, 6) is -1.99. The van der Waals surface area contributed by atoms with Crippen molar-refractivity contribution in [2.45, 2.75) is 25.6 Å². The number of aliphatic carboxylic acids is 1. The largest absolute Gasteiger partial charge is 0.479 e. The van der Waals surface area contributed by atoms with E-state index < -0.39 is 30.2 Å². The minimum absolute atomic E-state index is 0.0237. The summed E-state index contributed by atoms with van der Waals surface area (Å²) < 4.78 is 12.9. The zero-order chi connectivity index (χ0) is 13.9. The number of alkyl halides is 1. The second-order valence-electron chi connectivity index (χ2n) is 4.07. The number of amides is 2. The van der Waals surface area contributed by atoms with Crippen molar-refractivity contribution in [1.29, 1.82) is 0 Å². The zero-order valence-corrected chi connectivity index (χ0v) is 9.87. The standard InChI is InChI=1S/C10H15FN2O5/c1-6-8(14)12(3-2-7(11)9(15)16)4-5-13(6)10(17)18/h6-7H,2-5H2,1H3,(H,15,16)(H,17,18). The fourth-order valence-corrected chi connectivity index (χ4v) is 1.81. The van der Waals surface area contributed by atoms with Crippen molar-refractivity contribution < 1.29 is 29.0 Å². The van der Waals surface area contributed by atoms with Crippen molar-refractivity contribution in [2.75, 3.05) is 19.6 Å². The van der Waals surface area contributed by atoms with Crippen LogP contribution in [0.3, 0.4) is 0 Å². The molecule has 18 heavy (non-hydrogen) atoms. The van der Waals surface area contributed by atoms with Gasteiger partial charge >= 0.3 is 12.1 Å². The lowest BCUT2D eigenvalue weighted by Crippen LogP contribution is -2.57. The maximum atomic E-state index is 12.9. The molecule has 7 nitrogen and oxygen atoms in total. The zero-order valence-electron chi connectivity index (χ0n) is 9.87. The molecule has 1 fully saturated rings. The van der Waals surface area contributed by atoms with Crippen LogP contribution in [-0.2, 0) is 9.59 Å². The lowest BCUT2D eigenvalue weighted by atomic mass is 10.1. The molecule has 2 N–H and O–H groups in total. The molecule has 8 heteroatoms. The summed E-state index contributed by atoms with van der Waals surface area (Å²) in [4.78, 5) is 35.2. The monoisotopic (exact) mass is 262 g/mol. The molecule has 0 aliphatic carbocycles. The third-order valence-corrected chi connectivity index (χ3v) is 2.91. The summed E-state index contributed by atoms with van der Waals surface area (Å²) in [5, 5.41) is 17.2. The van der Waals surface area contributed by atoms with Crippen LogP contribution in [0.25, 0.3) is 0 Å². The van der Waals surface area contributed by atoms with Gasteiger partial charge in [-0.25, -0.2) is 14.0 Å². The van der Waals surface area contributed by atoms with Gasteiger partial charge in [-0.05, 0) is 6.92 Å². The topological polar surface area (TPSA) is 98.2 Å². The molecule has 0 radical (unpaired) electrons. The summed E-state index contributed by atoms with van der Waals surface area (Å²) in [6.07, 6.45) is -3.48. The van der Waals surface area contributed by atoms with E-state index >= 15 is 0 Å². The Bertz CT molecular complexity index is 362. The van der Waals surface area contributed by atoms with Gasteiger partial charge in [-0.1, -0.05) is 0 Å². The minimum atomic E-state index is -2.01. The number of hydrogen-bond donors (Lipinski definition) is 2. The molecule has 102 valence electrons. The molecule has 2 amide bonds. The van der Waals surface area contributed by atoms with E-state index in [4.69, 9.17) is 10.2 Å². The van der Waals surface area contributed by atoms with Gasteiger partial charge < -0.3 is 15.1 Å². The second kappa shape index (κ2) is 5.65. The van der Waals surface area contributed by atoms with Crippen LogP contribution in [0.4, 0.5) is 9.18 Å². The Morgan fingerprint density at radius 1 is 1.44 bits per heavy atom. The third-order valence-electron chi connectivity index (χ3n) is 2.91. The van der Waals surface area contributed by atoms with Gasteiger partial charge in [0.05, 0.1) is 0 Å². The lowest BCUT2D eigenvalue weighted by molar-refractivity contribution is -0.145. The number of carboxylic acid groups (broad SMARTS) is 2. The maximum absolute atomic E-state index is 12.9. The van der Waals surface area contributed by atoms with E-state index in [2.05, 4.69) is 0 Å². The van der Waals surface area contributed by atoms with Gasteiger partial charge in [-0.3, -0.25) is 9.69 Å². The predicted octanol–water partition coefficient (Wildman–Crippen LogP) is 0.00990. The van der Waals surface area contributed by atoms with E-state index in [-0.39, 0.29) is 26.1 Å². The number of hydrogen-bond acceptors (Lipinski definition) is 3. The fraction of sp³-hybridized carbons (Fsp3) is 0.700. The first-order valence-corrected chi connectivity index (χ1v) is 5.49. The van der Waals surface area contributed by atoms with Crippen LogP contribution in [0, 0.1) is 0 Å². The smallest absolute Gasteiger partial charge is 0.408 e. The molecule has 1 saturated heterocycles. The van der Waals surface area contributed by atoms with Crippen molar-refractivity contribution >= 4 is 18.0 Å². The first kappa shape index (κ1) is 14.2. The highest BCUT2D eigenvalue weighted by atomic mass is 19.1. The number of carboxylic acids is 1. The van der Waals surface area contributed by atoms with Crippen LogP contribution in [0.5, 0.6) is 0 Å². The van der Waals surface area contributed by atoms with Crippen LogP contribution in [0.1, 0.15) is 13.3 Å². The molecule has 1 heterocycles. The number of rotatable bonds is 4. The Morgan fingerprint density at radius 3 is 2.56 bits per heavy atom. The van der Waals surface area contributed by atoms with Gasteiger partial charge in [0, 0.05) is 26.1 Å². The first-order valence-electron chi connectivity index (χ1n) is 5.49. The predicted molar refractivity (Wildman–Crippen MR) is 57.9 cm³/mol. The summed E-state index contributed by atoms with van der Waals surface area (Å²) in [7, 11) is 0. The molecule has 1 aliphatic heterocycles. The highest BCUT2D eigenvalue weighted by molar-refractivity contribution is 5.86. The molecular formula is C10H15FN2O5. The van der Waals surface area contributed by atoms with Crippen molar-refractivity contribution in [3.8, 4) is 0 Å². The van der Waals surface area contributed by atoms with Gasteiger partial charge in [0.2, 0.25) is 5.91 Å². The Balaban J connectivity index is 2.53. The van der Waals surface area contributed by atoms with Gasteiger partial charge in [0.15, 0.2) is 6.17 Å². The molecule has 0 saturated carbocycles. The molecule has 2 atom stereocenters. The molecule has 0 bridgehead atoms. The van der Waals surface area contributed by atoms with Crippen LogP contribution in [0.2, 0.25) is 0 Å². The van der Waals surface area contributed by atoms with Crippen molar-refractivity contribution in [1.82, 2.24) is 9.80 Å². The summed E-state index contributed by atoms with van der Waals surface area (Å²) >= 11 is 0. The molecular weight excluding hydrogens is 247 g/mol. The Labute approximate surface area is 103 Å². The van der Waals surface area contributed by atoms with Crippen LogP contribution in [-0.4, -0.2) is 69.8 Å². The number of carbonyl (C=O) groups excluding carboxylic acids is 1. The van der Waals surface area contributed by atoms with Crippen LogP contribution < -0.4 is 0 Å². The number of carbonyl (C=O) groups is 3. The van der Waals surface area contributed by atoms with E-state index in [1.54, 1.807) is 0 Å². The molecule has 1 rings (SSSR count). The number of piperazine rings is 1. The highest BCUT2D eigenvalue weighted by Crippen LogP contribution is 2.12. The first-order chi connectivity index (χ1) is 8.34. The normalized spacial score (nSPS) is 21.9. The van der Waals surface area contributed by atoms with E-state index in [1.165, 1.54) is 11.8 Å². The van der Waals surface area contributed by atoms with Gasteiger partial charge in [-0.2, -0.15) is 0 Å². The lowest BCUT2D eigenvalue weighted by Gasteiger charge is -2.37. The third kappa shape index (κ3) is 3.08. The molecule has 1 aliphatic rings. The van der Waals surface area contributed by atoms with Crippen LogP contribution in [0.15, 0.2) is 0 Å².